The van der Waals surface area contributed by atoms with Crippen LogP contribution in [-0.2, 0) is 4.74 Å². The van der Waals surface area contributed by atoms with Crippen LogP contribution in [0.3, 0.4) is 0 Å². The lowest BCUT2D eigenvalue weighted by atomic mass is 10.1. The van der Waals surface area contributed by atoms with Gasteiger partial charge in [0.15, 0.2) is 0 Å². The molecule has 0 aliphatic heterocycles. The minimum Gasteiger partial charge on any atom is -0.434 e. The molecule has 0 bridgehead atoms. The highest BCUT2D eigenvalue weighted by Crippen LogP contribution is 2.30. The van der Waals surface area contributed by atoms with E-state index in [0.29, 0.717) is 24.7 Å². The van der Waals surface area contributed by atoms with Gasteiger partial charge >= 0.3 is 6.61 Å². The molecule has 0 aromatic heterocycles. The first-order valence-electron chi connectivity index (χ1n) is 6.04. The fraction of sp³-hybridized carbons (Fsp3) is 0.538. The lowest BCUT2D eigenvalue weighted by Gasteiger charge is -2.16. The number of halogens is 2. The molecule has 0 heterocycles. The molecule has 1 atom stereocenters. The third-order valence-electron chi connectivity index (χ3n) is 2.88. The number of benzene rings is 1. The van der Waals surface area contributed by atoms with E-state index in [1.165, 1.54) is 18.9 Å². The molecule has 1 aromatic carbocycles. The lowest BCUT2D eigenvalue weighted by Crippen LogP contribution is -2.19. The zero-order valence-corrected chi connectivity index (χ0v) is 10.0. The molecule has 1 aromatic rings. The first-order valence-corrected chi connectivity index (χ1v) is 6.04. The predicted octanol–water partition coefficient (Wildman–Crippen LogP) is 2.71. The predicted molar refractivity (Wildman–Crippen MR) is 63.5 cm³/mol. The Hall–Kier alpha value is -1.20. The van der Waals surface area contributed by atoms with Gasteiger partial charge in [-0.2, -0.15) is 8.78 Å². The van der Waals surface area contributed by atoms with E-state index in [9.17, 15) is 8.78 Å². The zero-order chi connectivity index (χ0) is 13.0. The van der Waals surface area contributed by atoms with Gasteiger partial charge in [0.1, 0.15) is 5.75 Å². The van der Waals surface area contributed by atoms with Crippen molar-refractivity contribution in [3.63, 3.8) is 0 Å². The van der Waals surface area contributed by atoms with Crippen molar-refractivity contribution in [3.05, 3.63) is 29.8 Å². The molecular formula is C13H17F2NO2. The van der Waals surface area contributed by atoms with E-state index in [-0.39, 0.29) is 5.75 Å². The second-order valence-corrected chi connectivity index (χ2v) is 4.50. The van der Waals surface area contributed by atoms with E-state index in [1.807, 2.05) is 0 Å². The van der Waals surface area contributed by atoms with Gasteiger partial charge in [-0.15, -0.1) is 0 Å². The van der Waals surface area contributed by atoms with E-state index in [0.717, 1.165) is 0 Å². The van der Waals surface area contributed by atoms with Crippen LogP contribution in [0.5, 0.6) is 5.75 Å². The van der Waals surface area contributed by atoms with E-state index < -0.39 is 12.7 Å². The SMILES string of the molecule is NC(COCC1CC1)c1ccccc1OC(F)F. The molecule has 1 fully saturated rings. The third kappa shape index (κ3) is 3.92. The Morgan fingerprint density at radius 3 is 2.67 bits per heavy atom. The van der Waals surface area contributed by atoms with Crippen molar-refractivity contribution in [2.75, 3.05) is 13.2 Å². The van der Waals surface area contributed by atoms with Crippen molar-refractivity contribution in [1.82, 2.24) is 0 Å². The van der Waals surface area contributed by atoms with Crippen LogP contribution in [0.15, 0.2) is 24.3 Å². The van der Waals surface area contributed by atoms with Crippen LogP contribution in [0.4, 0.5) is 8.78 Å². The van der Waals surface area contributed by atoms with Crippen molar-refractivity contribution < 1.29 is 18.3 Å². The maximum absolute atomic E-state index is 12.2. The molecule has 3 nitrogen and oxygen atoms in total. The summed E-state index contributed by atoms with van der Waals surface area (Å²) in [6.07, 6.45) is 2.42. The van der Waals surface area contributed by atoms with Crippen LogP contribution < -0.4 is 10.5 Å². The highest BCUT2D eigenvalue weighted by atomic mass is 19.3. The highest BCUT2D eigenvalue weighted by molar-refractivity contribution is 5.35. The molecule has 1 unspecified atom stereocenters. The smallest absolute Gasteiger partial charge is 0.387 e. The molecular weight excluding hydrogens is 240 g/mol. The minimum absolute atomic E-state index is 0.120. The van der Waals surface area contributed by atoms with Crippen LogP contribution in [0.1, 0.15) is 24.4 Å². The van der Waals surface area contributed by atoms with Crippen LogP contribution in [-0.4, -0.2) is 19.8 Å². The van der Waals surface area contributed by atoms with Crippen molar-refractivity contribution in [1.29, 1.82) is 0 Å². The van der Waals surface area contributed by atoms with Gasteiger partial charge in [0.2, 0.25) is 0 Å². The summed E-state index contributed by atoms with van der Waals surface area (Å²) >= 11 is 0. The van der Waals surface area contributed by atoms with Crippen molar-refractivity contribution in [2.24, 2.45) is 11.7 Å². The molecule has 0 amide bonds. The van der Waals surface area contributed by atoms with Gasteiger partial charge in [-0.05, 0) is 24.8 Å². The first-order chi connectivity index (χ1) is 8.66. The summed E-state index contributed by atoms with van der Waals surface area (Å²) in [4.78, 5) is 0. The van der Waals surface area contributed by atoms with Gasteiger partial charge < -0.3 is 15.2 Å². The lowest BCUT2D eigenvalue weighted by molar-refractivity contribution is -0.0508. The second kappa shape index (κ2) is 6.11. The Kier molecular flexibility index (Phi) is 4.49. The van der Waals surface area contributed by atoms with E-state index in [2.05, 4.69) is 4.74 Å². The maximum Gasteiger partial charge on any atom is 0.387 e. The normalized spacial score (nSPS) is 16.9. The largest absolute Gasteiger partial charge is 0.434 e. The van der Waals surface area contributed by atoms with Gasteiger partial charge in [-0.1, -0.05) is 18.2 Å². The topological polar surface area (TPSA) is 44.5 Å². The van der Waals surface area contributed by atoms with Crippen LogP contribution in [0.25, 0.3) is 0 Å². The molecule has 2 rings (SSSR count). The quantitative estimate of drug-likeness (QED) is 0.816. The van der Waals surface area contributed by atoms with Gasteiger partial charge in [0.05, 0.1) is 12.6 Å². The Labute approximate surface area is 105 Å². The number of alkyl halides is 2. The average molecular weight is 257 g/mol. The summed E-state index contributed by atoms with van der Waals surface area (Å²) in [5, 5.41) is 0. The number of hydrogen-bond donors (Lipinski definition) is 1. The molecule has 1 aliphatic carbocycles. The summed E-state index contributed by atoms with van der Waals surface area (Å²) in [5.41, 5.74) is 6.48. The summed E-state index contributed by atoms with van der Waals surface area (Å²) < 4.78 is 34.4. The Morgan fingerprint density at radius 2 is 2.00 bits per heavy atom. The van der Waals surface area contributed by atoms with Gasteiger partial charge in [-0.3, -0.25) is 0 Å². The van der Waals surface area contributed by atoms with E-state index in [1.54, 1.807) is 18.2 Å². The Bertz CT molecular complexity index is 383. The molecule has 1 aliphatic rings. The molecule has 0 spiro atoms. The Balaban J connectivity index is 1.91. The monoisotopic (exact) mass is 257 g/mol. The fourth-order valence-electron chi connectivity index (χ4n) is 1.73. The summed E-state index contributed by atoms with van der Waals surface area (Å²) in [7, 11) is 0. The number of rotatable bonds is 7. The first kappa shape index (κ1) is 13.2. The van der Waals surface area contributed by atoms with Crippen molar-refractivity contribution in [3.8, 4) is 5.75 Å². The fourth-order valence-corrected chi connectivity index (χ4v) is 1.73. The maximum atomic E-state index is 12.2. The van der Waals surface area contributed by atoms with Gasteiger partial charge in [-0.25, -0.2) is 0 Å². The third-order valence-corrected chi connectivity index (χ3v) is 2.88. The number of para-hydroxylation sites is 1. The van der Waals surface area contributed by atoms with E-state index in [4.69, 9.17) is 10.5 Å². The van der Waals surface area contributed by atoms with Crippen LogP contribution in [0.2, 0.25) is 0 Å². The average Bonchev–Trinajstić information content (AvgIpc) is 3.13. The number of ether oxygens (including phenoxy) is 2. The van der Waals surface area contributed by atoms with Crippen LogP contribution >= 0.6 is 0 Å². The minimum atomic E-state index is -2.84. The van der Waals surface area contributed by atoms with Crippen molar-refractivity contribution >= 4 is 0 Å². The molecule has 100 valence electrons. The molecule has 0 saturated heterocycles. The molecule has 0 radical (unpaired) electrons. The molecule has 18 heavy (non-hydrogen) atoms. The summed E-state index contributed by atoms with van der Waals surface area (Å²) in [6.45, 7) is -1.82. The summed E-state index contributed by atoms with van der Waals surface area (Å²) in [5.74, 6) is 0.778. The highest BCUT2D eigenvalue weighted by Gasteiger charge is 2.22. The van der Waals surface area contributed by atoms with Crippen LogP contribution in [0, 0.1) is 5.92 Å². The molecule has 1 saturated carbocycles. The standard InChI is InChI=1S/C13H17F2NO2/c14-13(15)18-12-4-2-1-3-10(12)11(16)8-17-7-9-5-6-9/h1-4,9,11,13H,5-8,16H2. The summed E-state index contributed by atoms with van der Waals surface area (Å²) in [6, 6.07) is 6.11. The zero-order valence-electron chi connectivity index (χ0n) is 10.0. The van der Waals surface area contributed by atoms with Gasteiger partial charge in [0.25, 0.3) is 0 Å². The second-order valence-electron chi connectivity index (χ2n) is 4.50. The van der Waals surface area contributed by atoms with E-state index >= 15 is 0 Å². The number of hydrogen-bond acceptors (Lipinski definition) is 3. The van der Waals surface area contributed by atoms with Crippen molar-refractivity contribution in [2.45, 2.75) is 25.5 Å². The van der Waals surface area contributed by atoms with Gasteiger partial charge in [0, 0.05) is 12.2 Å². The number of nitrogens with two attached hydrogens (primary N) is 1. The Morgan fingerprint density at radius 1 is 1.28 bits per heavy atom. The molecule has 5 heteroatoms. The molecule has 2 N–H and O–H groups in total.